The molecule has 1 atom stereocenters. The predicted molar refractivity (Wildman–Crippen MR) is 177 cm³/mol. The lowest BCUT2D eigenvalue weighted by Crippen LogP contribution is -2.54. The Kier molecular flexibility index (Phi) is 11.5. The number of amides is 2. The minimum absolute atomic E-state index is 0.0254. The summed E-state index contributed by atoms with van der Waals surface area (Å²) in [5, 5.41) is 2.93. The standard InChI is InChI=1S/C36H40FN3O5S/c1-26(2)23-38-36(42)33(22-28-13-7-5-8-14-28)39(24-29-15-11-12-18-31(29)37)35(41)25-40(32-21-27(3)19-20-34(32)45-4)46(43,44)30-16-9-6-10-17-30/h5-21,26,33H,22-25H2,1-4H3,(H,38,42)/t33-/m0/s1. The Bertz CT molecular complexity index is 1730. The maximum absolute atomic E-state index is 15.1. The highest BCUT2D eigenvalue weighted by molar-refractivity contribution is 7.92. The summed E-state index contributed by atoms with van der Waals surface area (Å²) >= 11 is 0. The molecular formula is C36H40FN3O5S. The molecule has 4 rings (SSSR count). The van der Waals surface area contributed by atoms with E-state index < -0.39 is 40.2 Å². The summed E-state index contributed by atoms with van der Waals surface area (Å²) in [6.45, 7) is 5.14. The van der Waals surface area contributed by atoms with Crippen LogP contribution in [0.25, 0.3) is 0 Å². The highest BCUT2D eigenvalue weighted by Crippen LogP contribution is 2.34. The number of rotatable bonds is 14. The van der Waals surface area contributed by atoms with Gasteiger partial charge in [-0.1, -0.05) is 86.6 Å². The quantitative estimate of drug-likeness (QED) is 0.189. The van der Waals surface area contributed by atoms with Crippen molar-refractivity contribution in [2.24, 2.45) is 5.92 Å². The molecule has 0 unspecified atom stereocenters. The van der Waals surface area contributed by atoms with E-state index in [1.807, 2.05) is 44.2 Å². The molecule has 242 valence electrons. The Morgan fingerprint density at radius 2 is 1.52 bits per heavy atom. The fraction of sp³-hybridized carbons (Fsp3) is 0.278. The second-order valence-electron chi connectivity index (χ2n) is 11.5. The lowest BCUT2D eigenvalue weighted by molar-refractivity contribution is -0.140. The third-order valence-corrected chi connectivity index (χ3v) is 9.24. The van der Waals surface area contributed by atoms with Gasteiger partial charge in [-0.3, -0.25) is 13.9 Å². The van der Waals surface area contributed by atoms with Gasteiger partial charge in [-0.2, -0.15) is 0 Å². The van der Waals surface area contributed by atoms with Crippen LogP contribution in [0.1, 0.15) is 30.5 Å². The molecule has 4 aromatic carbocycles. The summed E-state index contributed by atoms with van der Waals surface area (Å²) in [6, 6.07) is 27.0. The maximum atomic E-state index is 15.1. The van der Waals surface area contributed by atoms with E-state index in [-0.39, 0.29) is 40.8 Å². The zero-order valence-electron chi connectivity index (χ0n) is 26.5. The zero-order chi connectivity index (χ0) is 33.3. The van der Waals surface area contributed by atoms with Gasteiger partial charge in [0.1, 0.15) is 24.2 Å². The van der Waals surface area contributed by atoms with Crippen LogP contribution in [0.5, 0.6) is 5.75 Å². The molecule has 0 spiro atoms. The van der Waals surface area contributed by atoms with Crippen molar-refractivity contribution in [1.82, 2.24) is 10.2 Å². The number of sulfonamides is 1. The molecule has 0 radical (unpaired) electrons. The Labute approximate surface area is 270 Å². The molecule has 10 heteroatoms. The monoisotopic (exact) mass is 645 g/mol. The van der Waals surface area contributed by atoms with Crippen molar-refractivity contribution in [3.63, 3.8) is 0 Å². The summed E-state index contributed by atoms with van der Waals surface area (Å²) in [4.78, 5) is 29.6. The minimum Gasteiger partial charge on any atom is -0.495 e. The molecule has 8 nitrogen and oxygen atoms in total. The van der Waals surface area contributed by atoms with Crippen LogP contribution in [0.3, 0.4) is 0 Å². The molecule has 0 fully saturated rings. The molecule has 0 saturated heterocycles. The molecule has 0 heterocycles. The molecule has 0 bridgehead atoms. The van der Waals surface area contributed by atoms with Crippen LogP contribution in [0, 0.1) is 18.7 Å². The smallest absolute Gasteiger partial charge is 0.264 e. The highest BCUT2D eigenvalue weighted by atomic mass is 32.2. The first-order chi connectivity index (χ1) is 22.0. The van der Waals surface area contributed by atoms with Crippen LogP contribution < -0.4 is 14.4 Å². The van der Waals surface area contributed by atoms with Crippen LogP contribution in [0.2, 0.25) is 0 Å². The topological polar surface area (TPSA) is 96.0 Å². The molecule has 1 N–H and O–H groups in total. The Morgan fingerprint density at radius 1 is 0.891 bits per heavy atom. The summed E-state index contributed by atoms with van der Waals surface area (Å²) in [5.74, 6) is -1.28. The van der Waals surface area contributed by atoms with Crippen LogP contribution in [0.15, 0.2) is 108 Å². The van der Waals surface area contributed by atoms with Crippen molar-refractivity contribution < 1.29 is 27.1 Å². The number of nitrogens with one attached hydrogen (secondary N) is 1. The second-order valence-corrected chi connectivity index (χ2v) is 13.3. The van der Waals surface area contributed by atoms with Crippen molar-refractivity contribution in [2.45, 2.75) is 44.7 Å². The zero-order valence-corrected chi connectivity index (χ0v) is 27.3. The number of methoxy groups -OCH3 is 1. The normalized spacial score (nSPS) is 12.0. The van der Waals surface area contributed by atoms with Crippen LogP contribution in [-0.4, -0.2) is 51.4 Å². The van der Waals surface area contributed by atoms with E-state index in [4.69, 9.17) is 4.74 Å². The molecule has 0 aliphatic rings. The Hall–Kier alpha value is -4.70. The predicted octanol–water partition coefficient (Wildman–Crippen LogP) is 5.75. The average Bonchev–Trinajstić information content (AvgIpc) is 3.05. The maximum Gasteiger partial charge on any atom is 0.264 e. The molecule has 46 heavy (non-hydrogen) atoms. The lowest BCUT2D eigenvalue weighted by Gasteiger charge is -2.34. The van der Waals surface area contributed by atoms with Gasteiger partial charge in [0.25, 0.3) is 10.0 Å². The van der Waals surface area contributed by atoms with Gasteiger partial charge in [-0.15, -0.1) is 0 Å². The van der Waals surface area contributed by atoms with E-state index in [2.05, 4.69) is 5.32 Å². The average molecular weight is 646 g/mol. The minimum atomic E-state index is -4.31. The SMILES string of the molecule is COc1ccc(C)cc1N(CC(=O)N(Cc1ccccc1F)[C@@H](Cc1ccccc1)C(=O)NCC(C)C)S(=O)(=O)c1ccccc1. The number of hydrogen-bond donors (Lipinski definition) is 1. The van der Waals surface area contributed by atoms with E-state index in [0.29, 0.717) is 6.54 Å². The molecule has 2 amide bonds. The molecule has 0 aromatic heterocycles. The highest BCUT2D eigenvalue weighted by Gasteiger charge is 2.36. The van der Waals surface area contributed by atoms with Gasteiger partial charge >= 0.3 is 0 Å². The van der Waals surface area contributed by atoms with Gasteiger partial charge in [0.15, 0.2) is 0 Å². The number of benzene rings is 4. The van der Waals surface area contributed by atoms with Crippen LogP contribution in [0.4, 0.5) is 10.1 Å². The van der Waals surface area contributed by atoms with Crippen molar-refractivity contribution in [3.8, 4) is 5.75 Å². The van der Waals surface area contributed by atoms with E-state index in [0.717, 1.165) is 15.4 Å². The van der Waals surface area contributed by atoms with E-state index in [1.165, 1.54) is 30.2 Å². The van der Waals surface area contributed by atoms with Gasteiger partial charge in [-0.25, -0.2) is 12.8 Å². The first-order valence-electron chi connectivity index (χ1n) is 15.1. The Balaban J connectivity index is 1.85. The Morgan fingerprint density at radius 3 is 2.15 bits per heavy atom. The summed E-state index contributed by atoms with van der Waals surface area (Å²) in [7, 11) is -2.89. The molecule has 0 saturated carbocycles. The van der Waals surface area contributed by atoms with E-state index in [9.17, 15) is 18.0 Å². The third-order valence-electron chi connectivity index (χ3n) is 7.47. The number of halogens is 1. The number of nitrogens with zero attached hydrogens (tertiary/aromatic N) is 2. The van der Waals surface area contributed by atoms with E-state index >= 15 is 4.39 Å². The fourth-order valence-electron chi connectivity index (χ4n) is 5.01. The van der Waals surface area contributed by atoms with E-state index in [1.54, 1.807) is 61.5 Å². The fourth-order valence-corrected chi connectivity index (χ4v) is 6.45. The van der Waals surface area contributed by atoms with Gasteiger partial charge in [0.2, 0.25) is 11.8 Å². The van der Waals surface area contributed by atoms with Gasteiger partial charge in [-0.05, 0) is 54.3 Å². The van der Waals surface area contributed by atoms with Crippen molar-refractivity contribution in [1.29, 1.82) is 0 Å². The number of hydrogen-bond acceptors (Lipinski definition) is 5. The molecular weight excluding hydrogens is 605 g/mol. The van der Waals surface area contributed by atoms with Crippen molar-refractivity contribution >= 4 is 27.5 Å². The number of anilines is 1. The number of ether oxygens (including phenoxy) is 1. The molecule has 4 aromatic rings. The summed E-state index contributed by atoms with van der Waals surface area (Å²) in [6.07, 6.45) is 0.129. The number of carbonyl (C=O) groups is 2. The largest absolute Gasteiger partial charge is 0.495 e. The van der Waals surface area contributed by atoms with Crippen LogP contribution >= 0.6 is 0 Å². The van der Waals surface area contributed by atoms with Gasteiger partial charge in [0.05, 0.1) is 17.7 Å². The summed E-state index contributed by atoms with van der Waals surface area (Å²) < 4.78 is 50.0. The molecule has 0 aliphatic carbocycles. The number of carbonyl (C=O) groups excluding carboxylic acids is 2. The molecule has 0 aliphatic heterocycles. The van der Waals surface area contributed by atoms with Crippen LogP contribution in [-0.2, 0) is 32.6 Å². The lowest BCUT2D eigenvalue weighted by atomic mass is 10.0. The van der Waals surface area contributed by atoms with Crippen molar-refractivity contribution in [3.05, 3.63) is 126 Å². The first kappa shape index (κ1) is 34.2. The van der Waals surface area contributed by atoms with Gasteiger partial charge < -0.3 is 15.0 Å². The summed E-state index contributed by atoms with van der Waals surface area (Å²) in [5.41, 5.74) is 1.88. The second kappa shape index (κ2) is 15.5. The van der Waals surface area contributed by atoms with Crippen molar-refractivity contribution in [2.75, 3.05) is 24.5 Å². The third kappa shape index (κ3) is 8.51. The number of aryl methyl sites for hydroxylation is 1. The first-order valence-corrected chi connectivity index (χ1v) is 16.5. The van der Waals surface area contributed by atoms with Gasteiger partial charge in [0, 0.05) is 25.1 Å².